The molecule has 0 fully saturated rings. The van der Waals surface area contributed by atoms with Crippen molar-refractivity contribution in [1.29, 1.82) is 0 Å². The van der Waals surface area contributed by atoms with E-state index in [2.05, 4.69) is 0 Å². The molecule has 3 rings (SSSR count). The minimum Gasteiger partial charge on any atom is -0.399 e. The zero-order chi connectivity index (χ0) is 16.6. The largest absolute Gasteiger partial charge is 0.399 e. The molecule has 0 aliphatic carbocycles. The van der Waals surface area contributed by atoms with Crippen molar-refractivity contribution in [2.24, 2.45) is 5.73 Å². The first kappa shape index (κ1) is 15.1. The molecular weight excluding hydrogens is 284 g/mol. The first-order valence-electron chi connectivity index (χ1n) is 7.59. The van der Waals surface area contributed by atoms with E-state index in [4.69, 9.17) is 11.5 Å². The molecule has 0 aliphatic heterocycles. The summed E-state index contributed by atoms with van der Waals surface area (Å²) in [4.78, 5) is 12.5. The number of nitrogen functional groups attached to an aromatic ring is 1. The normalized spacial score (nSPS) is 13.7. The Hall–Kier alpha value is -2.81. The predicted molar refractivity (Wildman–Crippen MR) is 95.2 cm³/mol. The van der Waals surface area contributed by atoms with Gasteiger partial charge in [-0.25, -0.2) is 0 Å². The zero-order valence-corrected chi connectivity index (χ0v) is 13.3. The number of hydrogen-bond acceptors (Lipinski definition) is 2. The average Bonchev–Trinajstić information content (AvgIpc) is 2.55. The van der Waals surface area contributed by atoms with Crippen LogP contribution >= 0.6 is 0 Å². The van der Waals surface area contributed by atoms with Crippen molar-refractivity contribution in [1.82, 2.24) is 0 Å². The third kappa shape index (κ3) is 2.34. The summed E-state index contributed by atoms with van der Waals surface area (Å²) in [7, 11) is 0. The fourth-order valence-electron chi connectivity index (χ4n) is 3.25. The van der Waals surface area contributed by atoms with E-state index in [9.17, 15) is 4.79 Å². The first-order valence-corrected chi connectivity index (χ1v) is 7.59. The Morgan fingerprint density at radius 2 is 1.65 bits per heavy atom. The summed E-state index contributed by atoms with van der Waals surface area (Å²) in [6, 6.07) is 19.6. The molecular formula is C20H20N2O. The lowest BCUT2D eigenvalue weighted by molar-refractivity contribution is -0.121. The van der Waals surface area contributed by atoms with E-state index >= 15 is 0 Å². The third-order valence-corrected chi connectivity index (χ3v) is 4.62. The Labute approximate surface area is 135 Å². The molecule has 0 aliphatic rings. The van der Waals surface area contributed by atoms with Crippen molar-refractivity contribution in [3.8, 4) is 0 Å². The number of aryl methyl sites for hydroxylation is 1. The van der Waals surface area contributed by atoms with Crippen LogP contribution in [0.25, 0.3) is 10.8 Å². The lowest BCUT2D eigenvalue weighted by Crippen LogP contribution is -2.40. The van der Waals surface area contributed by atoms with E-state index in [1.807, 2.05) is 74.5 Å². The van der Waals surface area contributed by atoms with Crippen molar-refractivity contribution in [3.05, 3.63) is 77.4 Å². The summed E-state index contributed by atoms with van der Waals surface area (Å²) in [5.41, 5.74) is 14.2. The van der Waals surface area contributed by atoms with Gasteiger partial charge in [0.1, 0.15) is 0 Å². The zero-order valence-electron chi connectivity index (χ0n) is 13.3. The van der Waals surface area contributed by atoms with Crippen LogP contribution < -0.4 is 11.5 Å². The first-order chi connectivity index (χ1) is 10.9. The number of amides is 1. The molecule has 3 aromatic carbocycles. The van der Waals surface area contributed by atoms with Gasteiger partial charge in [0, 0.05) is 5.69 Å². The van der Waals surface area contributed by atoms with Gasteiger partial charge in [-0.15, -0.1) is 0 Å². The van der Waals surface area contributed by atoms with E-state index in [0.29, 0.717) is 5.69 Å². The molecule has 4 N–H and O–H groups in total. The van der Waals surface area contributed by atoms with Gasteiger partial charge in [0.15, 0.2) is 0 Å². The Morgan fingerprint density at radius 3 is 2.39 bits per heavy atom. The Kier molecular flexibility index (Phi) is 3.57. The highest BCUT2D eigenvalue weighted by atomic mass is 16.1. The van der Waals surface area contributed by atoms with Crippen molar-refractivity contribution in [2.45, 2.75) is 19.3 Å². The Balaban J connectivity index is 2.38. The molecule has 0 radical (unpaired) electrons. The van der Waals surface area contributed by atoms with Gasteiger partial charge in [-0.05, 0) is 53.4 Å². The van der Waals surface area contributed by atoms with Crippen LogP contribution in [0.5, 0.6) is 0 Å². The van der Waals surface area contributed by atoms with Gasteiger partial charge in [0.2, 0.25) is 5.91 Å². The molecule has 0 saturated carbocycles. The monoisotopic (exact) mass is 304 g/mol. The van der Waals surface area contributed by atoms with E-state index < -0.39 is 5.41 Å². The number of anilines is 1. The topological polar surface area (TPSA) is 69.1 Å². The lowest BCUT2D eigenvalue weighted by atomic mass is 9.72. The highest BCUT2D eigenvalue weighted by molar-refractivity contribution is 5.98. The van der Waals surface area contributed by atoms with Crippen LogP contribution in [-0.2, 0) is 10.2 Å². The summed E-state index contributed by atoms with van der Waals surface area (Å²) in [5, 5.41) is 2.11. The lowest BCUT2D eigenvalue weighted by Gasteiger charge is -2.30. The van der Waals surface area contributed by atoms with Crippen molar-refractivity contribution >= 4 is 22.4 Å². The fraction of sp³-hybridized carbons (Fsp3) is 0.150. The number of hydrogen-bond donors (Lipinski definition) is 2. The maximum Gasteiger partial charge on any atom is 0.232 e. The number of nitrogens with two attached hydrogens (primary N) is 2. The minimum atomic E-state index is -0.944. The second kappa shape index (κ2) is 5.43. The van der Waals surface area contributed by atoms with Crippen LogP contribution in [0.2, 0.25) is 0 Å². The number of benzene rings is 3. The summed E-state index contributed by atoms with van der Waals surface area (Å²) >= 11 is 0. The molecule has 116 valence electrons. The molecule has 3 heteroatoms. The van der Waals surface area contributed by atoms with E-state index in [1.54, 1.807) is 0 Å². The van der Waals surface area contributed by atoms with Crippen LogP contribution in [0.1, 0.15) is 23.6 Å². The molecule has 23 heavy (non-hydrogen) atoms. The SMILES string of the molecule is Cc1ccc(N)cc1C(C)(C(N)=O)c1cccc2ccccc12. The predicted octanol–water partition coefficient (Wildman–Crippen LogP) is 3.52. The van der Waals surface area contributed by atoms with E-state index in [0.717, 1.165) is 27.5 Å². The van der Waals surface area contributed by atoms with Crippen molar-refractivity contribution in [2.75, 3.05) is 5.73 Å². The molecule has 3 aromatic rings. The third-order valence-electron chi connectivity index (χ3n) is 4.62. The summed E-state index contributed by atoms with van der Waals surface area (Å²) in [5.74, 6) is -0.387. The van der Waals surface area contributed by atoms with Crippen LogP contribution in [0.15, 0.2) is 60.7 Å². The van der Waals surface area contributed by atoms with Crippen LogP contribution in [0.3, 0.4) is 0 Å². The second-order valence-corrected chi connectivity index (χ2v) is 6.09. The van der Waals surface area contributed by atoms with Crippen LogP contribution in [0.4, 0.5) is 5.69 Å². The fourth-order valence-corrected chi connectivity index (χ4v) is 3.25. The van der Waals surface area contributed by atoms with Gasteiger partial charge >= 0.3 is 0 Å². The maximum atomic E-state index is 12.5. The molecule has 1 amide bonds. The summed E-state index contributed by atoms with van der Waals surface area (Å²) in [6.45, 7) is 3.85. The maximum absolute atomic E-state index is 12.5. The molecule has 0 saturated heterocycles. The standard InChI is InChI=1S/C20H20N2O/c1-13-10-11-15(21)12-18(13)20(2,19(22)23)17-9-5-7-14-6-3-4-8-16(14)17/h3-12H,21H2,1-2H3,(H2,22,23). The number of fused-ring (bicyclic) bond motifs is 1. The van der Waals surface area contributed by atoms with Gasteiger partial charge in [-0.3, -0.25) is 4.79 Å². The van der Waals surface area contributed by atoms with Crippen molar-refractivity contribution < 1.29 is 4.79 Å². The van der Waals surface area contributed by atoms with Gasteiger partial charge < -0.3 is 11.5 Å². The average molecular weight is 304 g/mol. The molecule has 3 nitrogen and oxygen atoms in total. The summed E-state index contributed by atoms with van der Waals surface area (Å²) < 4.78 is 0. The van der Waals surface area contributed by atoms with Crippen molar-refractivity contribution in [3.63, 3.8) is 0 Å². The van der Waals surface area contributed by atoms with E-state index in [-0.39, 0.29) is 5.91 Å². The Morgan fingerprint density at radius 1 is 0.957 bits per heavy atom. The highest BCUT2D eigenvalue weighted by Gasteiger charge is 2.37. The van der Waals surface area contributed by atoms with Gasteiger partial charge in [-0.1, -0.05) is 48.5 Å². The Bertz CT molecular complexity index is 896. The number of primary amides is 1. The van der Waals surface area contributed by atoms with Gasteiger partial charge in [0.05, 0.1) is 5.41 Å². The molecule has 1 atom stereocenters. The van der Waals surface area contributed by atoms with E-state index in [1.165, 1.54) is 0 Å². The minimum absolute atomic E-state index is 0.387. The van der Waals surface area contributed by atoms with Gasteiger partial charge in [-0.2, -0.15) is 0 Å². The smallest absolute Gasteiger partial charge is 0.232 e. The number of carbonyl (C=O) groups excluding carboxylic acids is 1. The van der Waals surface area contributed by atoms with Gasteiger partial charge in [0.25, 0.3) is 0 Å². The highest BCUT2D eigenvalue weighted by Crippen LogP contribution is 2.38. The molecule has 0 heterocycles. The summed E-state index contributed by atoms with van der Waals surface area (Å²) in [6.07, 6.45) is 0. The van der Waals surface area contributed by atoms with Crippen LogP contribution in [0, 0.1) is 6.92 Å². The molecule has 0 aromatic heterocycles. The number of carbonyl (C=O) groups is 1. The molecule has 0 spiro atoms. The van der Waals surface area contributed by atoms with Crippen LogP contribution in [-0.4, -0.2) is 5.91 Å². The quantitative estimate of drug-likeness (QED) is 0.727. The molecule has 1 unspecified atom stereocenters. The second-order valence-electron chi connectivity index (χ2n) is 6.09. The number of rotatable bonds is 3. The molecule has 0 bridgehead atoms.